The molecule has 3 aromatic rings. The van der Waals surface area contributed by atoms with Crippen LogP contribution in [-0.2, 0) is 13.1 Å². The van der Waals surface area contributed by atoms with Gasteiger partial charge in [-0.3, -0.25) is 4.79 Å². The topological polar surface area (TPSA) is 76.1 Å². The van der Waals surface area contributed by atoms with Gasteiger partial charge in [0.2, 0.25) is 5.95 Å². The Bertz CT molecular complexity index is 944. The molecule has 1 heterocycles. The minimum atomic E-state index is -0.214. The third-order valence-corrected chi connectivity index (χ3v) is 4.45. The van der Waals surface area contributed by atoms with Gasteiger partial charge < -0.3 is 15.4 Å². The van der Waals surface area contributed by atoms with Gasteiger partial charge >= 0.3 is 0 Å². The van der Waals surface area contributed by atoms with Crippen LogP contribution in [0.2, 0.25) is 5.02 Å². The number of benzene rings is 2. The number of carbonyl (C=O) groups is 1. The molecular formula is C21H21ClN4O2. The van der Waals surface area contributed by atoms with Gasteiger partial charge in [0.25, 0.3) is 5.91 Å². The number of nitrogens with zero attached hydrogens (tertiary/aromatic N) is 2. The lowest BCUT2D eigenvalue weighted by Gasteiger charge is -2.10. The van der Waals surface area contributed by atoms with Crippen molar-refractivity contribution in [3.8, 4) is 5.75 Å². The molecule has 0 fully saturated rings. The molecule has 2 aromatic carbocycles. The molecule has 0 spiro atoms. The number of carbonyl (C=O) groups excluding carboxylic acids is 1. The largest absolute Gasteiger partial charge is 0.497 e. The van der Waals surface area contributed by atoms with E-state index >= 15 is 0 Å². The highest BCUT2D eigenvalue weighted by Crippen LogP contribution is 2.13. The fourth-order valence-corrected chi connectivity index (χ4v) is 2.71. The number of aryl methyl sites for hydroxylation is 1. The summed E-state index contributed by atoms with van der Waals surface area (Å²) in [6.07, 6.45) is 1.54. The number of amides is 1. The van der Waals surface area contributed by atoms with E-state index in [1.165, 1.54) is 6.20 Å². The zero-order chi connectivity index (χ0) is 19.9. The van der Waals surface area contributed by atoms with Crippen molar-refractivity contribution >= 4 is 23.5 Å². The maximum Gasteiger partial charge on any atom is 0.254 e. The number of ether oxygens (including phenoxy) is 1. The van der Waals surface area contributed by atoms with Gasteiger partial charge in [-0.1, -0.05) is 35.9 Å². The molecule has 28 heavy (non-hydrogen) atoms. The zero-order valence-electron chi connectivity index (χ0n) is 15.7. The van der Waals surface area contributed by atoms with Crippen molar-refractivity contribution in [1.29, 1.82) is 0 Å². The van der Waals surface area contributed by atoms with Crippen LogP contribution in [0.1, 0.15) is 27.2 Å². The Morgan fingerprint density at radius 3 is 2.32 bits per heavy atom. The molecular weight excluding hydrogens is 376 g/mol. The van der Waals surface area contributed by atoms with Gasteiger partial charge in [-0.15, -0.1) is 0 Å². The van der Waals surface area contributed by atoms with Gasteiger partial charge in [0, 0.05) is 24.3 Å². The van der Waals surface area contributed by atoms with Gasteiger partial charge in [0.15, 0.2) is 0 Å². The van der Waals surface area contributed by atoms with Crippen LogP contribution in [0.25, 0.3) is 0 Å². The summed E-state index contributed by atoms with van der Waals surface area (Å²) in [6.45, 7) is 2.77. The standard InChI is InChI=1S/C21H21ClN4O2/c1-14-19(20(27)23-11-15-3-7-17(22)8-4-15)13-25-21(26-14)24-12-16-5-9-18(28-2)10-6-16/h3-10,13H,11-12H2,1-2H3,(H,23,27)(H,24,25,26). The molecule has 1 amide bonds. The Morgan fingerprint density at radius 1 is 1.04 bits per heavy atom. The Kier molecular flexibility index (Phi) is 6.45. The van der Waals surface area contributed by atoms with E-state index in [4.69, 9.17) is 16.3 Å². The second kappa shape index (κ2) is 9.19. The lowest BCUT2D eigenvalue weighted by Crippen LogP contribution is -2.24. The highest BCUT2D eigenvalue weighted by Gasteiger charge is 2.11. The van der Waals surface area contributed by atoms with Crippen LogP contribution in [0.3, 0.4) is 0 Å². The average molecular weight is 397 g/mol. The second-order valence-electron chi connectivity index (χ2n) is 6.20. The number of methoxy groups -OCH3 is 1. The molecule has 0 atom stereocenters. The molecule has 3 rings (SSSR count). The second-order valence-corrected chi connectivity index (χ2v) is 6.64. The molecule has 0 bridgehead atoms. The van der Waals surface area contributed by atoms with E-state index in [1.54, 1.807) is 26.2 Å². The molecule has 1 aromatic heterocycles. The molecule has 6 nitrogen and oxygen atoms in total. The lowest BCUT2D eigenvalue weighted by atomic mass is 10.2. The van der Waals surface area contributed by atoms with E-state index < -0.39 is 0 Å². The first kappa shape index (κ1) is 19.6. The summed E-state index contributed by atoms with van der Waals surface area (Å²) < 4.78 is 5.15. The number of nitrogens with one attached hydrogen (secondary N) is 2. The highest BCUT2D eigenvalue weighted by molar-refractivity contribution is 6.30. The maximum atomic E-state index is 12.4. The van der Waals surface area contributed by atoms with Crippen molar-refractivity contribution in [3.05, 3.63) is 82.1 Å². The van der Waals surface area contributed by atoms with E-state index in [9.17, 15) is 4.79 Å². The average Bonchev–Trinajstić information content (AvgIpc) is 2.72. The Labute approximate surface area is 168 Å². The molecule has 0 radical (unpaired) electrons. The van der Waals surface area contributed by atoms with Crippen molar-refractivity contribution < 1.29 is 9.53 Å². The van der Waals surface area contributed by atoms with E-state index in [-0.39, 0.29) is 5.91 Å². The molecule has 144 valence electrons. The molecule has 0 saturated heterocycles. The van der Waals surface area contributed by atoms with Crippen molar-refractivity contribution in [2.75, 3.05) is 12.4 Å². The summed E-state index contributed by atoms with van der Waals surface area (Å²) in [5, 5.41) is 6.69. The number of aromatic nitrogens is 2. The van der Waals surface area contributed by atoms with Crippen LogP contribution in [0.4, 0.5) is 5.95 Å². The summed E-state index contributed by atoms with van der Waals surface area (Å²) >= 11 is 5.87. The first-order chi connectivity index (χ1) is 13.5. The third kappa shape index (κ3) is 5.20. The fourth-order valence-electron chi connectivity index (χ4n) is 2.58. The van der Waals surface area contributed by atoms with Gasteiger partial charge in [-0.05, 0) is 42.3 Å². The predicted octanol–water partition coefficient (Wildman–Crippen LogP) is 3.99. The summed E-state index contributed by atoms with van der Waals surface area (Å²) in [4.78, 5) is 21.0. The van der Waals surface area contributed by atoms with Crippen LogP contribution in [0, 0.1) is 6.92 Å². The van der Waals surface area contributed by atoms with Crippen LogP contribution >= 0.6 is 11.6 Å². The molecule has 0 unspecified atom stereocenters. The Hall–Kier alpha value is -3.12. The number of halogens is 1. The Morgan fingerprint density at radius 2 is 1.68 bits per heavy atom. The lowest BCUT2D eigenvalue weighted by molar-refractivity contribution is 0.0949. The zero-order valence-corrected chi connectivity index (χ0v) is 16.5. The highest BCUT2D eigenvalue weighted by atomic mass is 35.5. The van der Waals surface area contributed by atoms with Gasteiger partial charge in [-0.25, -0.2) is 9.97 Å². The van der Waals surface area contributed by atoms with Gasteiger partial charge in [0.1, 0.15) is 5.75 Å². The summed E-state index contributed by atoms with van der Waals surface area (Å²) in [6, 6.07) is 15.1. The normalized spacial score (nSPS) is 10.4. The maximum absolute atomic E-state index is 12.4. The SMILES string of the molecule is COc1ccc(CNc2ncc(C(=O)NCc3ccc(Cl)cc3)c(C)n2)cc1. The van der Waals surface area contributed by atoms with Crippen molar-refractivity contribution in [3.63, 3.8) is 0 Å². The Balaban J connectivity index is 1.57. The summed E-state index contributed by atoms with van der Waals surface area (Å²) in [7, 11) is 1.64. The minimum absolute atomic E-state index is 0.214. The van der Waals surface area contributed by atoms with Gasteiger partial charge in [0.05, 0.1) is 18.4 Å². The van der Waals surface area contributed by atoms with Crippen LogP contribution in [-0.4, -0.2) is 23.0 Å². The molecule has 0 aliphatic rings. The monoisotopic (exact) mass is 396 g/mol. The van der Waals surface area contributed by atoms with Crippen LogP contribution < -0.4 is 15.4 Å². The van der Waals surface area contributed by atoms with Crippen LogP contribution in [0.15, 0.2) is 54.7 Å². The minimum Gasteiger partial charge on any atom is -0.497 e. The number of hydrogen-bond donors (Lipinski definition) is 2. The van der Waals surface area contributed by atoms with Crippen molar-refractivity contribution in [2.45, 2.75) is 20.0 Å². The molecule has 0 aliphatic heterocycles. The number of anilines is 1. The first-order valence-electron chi connectivity index (χ1n) is 8.78. The smallest absolute Gasteiger partial charge is 0.254 e. The van der Waals surface area contributed by atoms with Crippen LogP contribution in [0.5, 0.6) is 5.75 Å². The summed E-state index contributed by atoms with van der Waals surface area (Å²) in [5.74, 6) is 1.07. The quantitative estimate of drug-likeness (QED) is 0.631. The number of hydrogen-bond acceptors (Lipinski definition) is 5. The third-order valence-electron chi connectivity index (χ3n) is 4.20. The van der Waals surface area contributed by atoms with E-state index in [0.29, 0.717) is 35.3 Å². The fraction of sp³-hybridized carbons (Fsp3) is 0.190. The molecule has 0 saturated carbocycles. The van der Waals surface area contributed by atoms with E-state index in [1.807, 2.05) is 36.4 Å². The van der Waals surface area contributed by atoms with Gasteiger partial charge in [-0.2, -0.15) is 0 Å². The van der Waals surface area contributed by atoms with Crippen molar-refractivity contribution in [2.24, 2.45) is 0 Å². The predicted molar refractivity (Wildman–Crippen MR) is 110 cm³/mol. The summed E-state index contributed by atoms with van der Waals surface area (Å²) in [5.41, 5.74) is 3.10. The van der Waals surface area contributed by atoms with E-state index in [0.717, 1.165) is 16.9 Å². The molecule has 7 heteroatoms. The molecule has 0 aliphatic carbocycles. The van der Waals surface area contributed by atoms with E-state index in [2.05, 4.69) is 20.6 Å². The first-order valence-corrected chi connectivity index (χ1v) is 9.16. The molecule has 2 N–H and O–H groups in total. The number of rotatable bonds is 7. The van der Waals surface area contributed by atoms with Crippen molar-refractivity contribution in [1.82, 2.24) is 15.3 Å².